The first kappa shape index (κ1) is 23.2. The molecule has 3 rings (SSSR count). The Balaban J connectivity index is 1.79. The Labute approximate surface area is 190 Å². The molecule has 0 unspecified atom stereocenters. The molecular formula is C27H31NO4. The molecular weight excluding hydrogens is 402 g/mol. The lowest BCUT2D eigenvalue weighted by Gasteiger charge is -2.25. The molecule has 0 heterocycles. The summed E-state index contributed by atoms with van der Waals surface area (Å²) < 4.78 is 16.0. The van der Waals surface area contributed by atoms with Crippen LogP contribution in [0.3, 0.4) is 0 Å². The van der Waals surface area contributed by atoms with Gasteiger partial charge in [-0.15, -0.1) is 0 Å². The summed E-state index contributed by atoms with van der Waals surface area (Å²) in [7, 11) is 4.90. The number of hydrogen-bond donors (Lipinski definition) is 0. The summed E-state index contributed by atoms with van der Waals surface area (Å²) >= 11 is 0. The second kappa shape index (κ2) is 11.2. The molecule has 0 bridgehead atoms. The first-order valence-corrected chi connectivity index (χ1v) is 10.7. The Morgan fingerprint density at radius 1 is 0.812 bits per heavy atom. The van der Waals surface area contributed by atoms with E-state index in [4.69, 9.17) is 14.2 Å². The lowest BCUT2D eigenvalue weighted by Crippen LogP contribution is -2.30. The van der Waals surface area contributed by atoms with Gasteiger partial charge in [0.2, 0.25) is 5.91 Å². The van der Waals surface area contributed by atoms with E-state index >= 15 is 0 Å². The lowest BCUT2D eigenvalue weighted by molar-refractivity contribution is -0.129. The number of amides is 1. The van der Waals surface area contributed by atoms with Gasteiger partial charge in [0.1, 0.15) is 5.75 Å². The summed E-state index contributed by atoms with van der Waals surface area (Å²) in [6, 6.07) is 24.3. The van der Waals surface area contributed by atoms with E-state index in [2.05, 4.69) is 36.4 Å². The molecule has 0 radical (unpaired) electrons. The zero-order chi connectivity index (χ0) is 22.9. The summed E-state index contributed by atoms with van der Waals surface area (Å²) in [6.07, 6.45) is 0.809. The first-order valence-electron chi connectivity index (χ1n) is 10.7. The van der Waals surface area contributed by atoms with Crippen LogP contribution >= 0.6 is 0 Å². The zero-order valence-corrected chi connectivity index (χ0v) is 19.2. The van der Waals surface area contributed by atoms with E-state index < -0.39 is 0 Å². The Morgan fingerprint density at radius 3 is 2.06 bits per heavy atom. The molecule has 5 nitrogen and oxygen atoms in total. The third-order valence-electron chi connectivity index (χ3n) is 5.67. The Hall–Kier alpha value is -3.47. The Morgan fingerprint density at radius 2 is 1.47 bits per heavy atom. The minimum atomic E-state index is 0.0429. The van der Waals surface area contributed by atoms with Crippen molar-refractivity contribution in [2.75, 3.05) is 27.9 Å². The normalized spacial score (nSPS) is 11.5. The maximum absolute atomic E-state index is 12.4. The van der Waals surface area contributed by atoms with Crippen molar-refractivity contribution in [3.05, 3.63) is 89.5 Å². The maximum atomic E-state index is 12.4. The van der Waals surface area contributed by atoms with Crippen LogP contribution in [0.4, 0.5) is 0 Å². The Bertz CT molecular complexity index is 1000. The van der Waals surface area contributed by atoms with E-state index in [1.54, 1.807) is 28.3 Å². The molecule has 0 aliphatic heterocycles. The predicted molar refractivity (Wildman–Crippen MR) is 127 cm³/mol. The number of nitrogens with zero attached hydrogens (tertiary/aromatic N) is 1. The second-order valence-electron chi connectivity index (χ2n) is 7.66. The maximum Gasteiger partial charge on any atom is 0.219 e. The molecule has 0 fully saturated rings. The number of hydrogen-bond acceptors (Lipinski definition) is 4. The van der Waals surface area contributed by atoms with E-state index in [1.807, 2.05) is 41.3 Å². The van der Waals surface area contributed by atoms with Crippen LogP contribution in [-0.2, 0) is 11.3 Å². The smallest absolute Gasteiger partial charge is 0.219 e. The van der Waals surface area contributed by atoms with Crippen LogP contribution in [0.15, 0.2) is 72.8 Å². The van der Waals surface area contributed by atoms with Gasteiger partial charge in [-0.05, 0) is 47.4 Å². The summed E-state index contributed by atoms with van der Waals surface area (Å²) in [5, 5.41) is 0. The Kier molecular flexibility index (Phi) is 8.14. The van der Waals surface area contributed by atoms with Crippen molar-refractivity contribution in [1.82, 2.24) is 4.90 Å². The molecule has 0 saturated carbocycles. The van der Waals surface area contributed by atoms with Gasteiger partial charge in [0, 0.05) is 25.9 Å². The predicted octanol–water partition coefficient (Wildman–Crippen LogP) is 5.28. The molecule has 0 aromatic heterocycles. The fourth-order valence-electron chi connectivity index (χ4n) is 3.88. The zero-order valence-electron chi connectivity index (χ0n) is 19.2. The van der Waals surface area contributed by atoms with Gasteiger partial charge >= 0.3 is 0 Å². The minimum absolute atomic E-state index is 0.0429. The lowest BCUT2D eigenvalue weighted by atomic mass is 9.88. The van der Waals surface area contributed by atoms with Gasteiger partial charge in [-0.3, -0.25) is 4.79 Å². The highest BCUT2D eigenvalue weighted by Crippen LogP contribution is 2.31. The number of carbonyl (C=O) groups is 1. The van der Waals surface area contributed by atoms with E-state index in [1.165, 1.54) is 11.1 Å². The standard InChI is InChI=1S/C27H31NO4/c1-20(29)28(19-21-10-15-26(31-3)27(18-21)32-4)17-16-25(22-8-6-5-7-9-22)23-11-13-24(30-2)14-12-23/h5-15,18,25H,16-17,19H2,1-4H3/t25-/m0/s1. The third-order valence-corrected chi connectivity index (χ3v) is 5.67. The van der Waals surface area contributed by atoms with Crippen LogP contribution in [0.25, 0.3) is 0 Å². The number of rotatable bonds is 10. The third kappa shape index (κ3) is 5.82. The summed E-state index contributed by atoms with van der Waals surface area (Å²) in [5.41, 5.74) is 3.43. The number of carbonyl (C=O) groups excluding carboxylic acids is 1. The summed E-state index contributed by atoms with van der Waals surface area (Å²) in [4.78, 5) is 14.3. The van der Waals surface area contributed by atoms with Crippen molar-refractivity contribution in [3.8, 4) is 17.2 Å². The average Bonchev–Trinajstić information content (AvgIpc) is 2.84. The minimum Gasteiger partial charge on any atom is -0.497 e. The number of methoxy groups -OCH3 is 3. The van der Waals surface area contributed by atoms with Crippen molar-refractivity contribution >= 4 is 5.91 Å². The van der Waals surface area contributed by atoms with E-state index in [9.17, 15) is 4.79 Å². The fraction of sp³-hybridized carbons (Fsp3) is 0.296. The highest BCUT2D eigenvalue weighted by molar-refractivity contribution is 5.73. The van der Waals surface area contributed by atoms with Crippen LogP contribution in [0.2, 0.25) is 0 Å². The average molecular weight is 434 g/mol. The van der Waals surface area contributed by atoms with Gasteiger partial charge in [-0.1, -0.05) is 48.5 Å². The topological polar surface area (TPSA) is 48.0 Å². The van der Waals surface area contributed by atoms with Crippen LogP contribution in [0.5, 0.6) is 17.2 Å². The van der Waals surface area contributed by atoms with Crippen molar-refractivity contribution in [3.63, 3.8) is 0 Å². The van der Waals surface area contributed by atoms with Gasteiger partial charge in [0.05, 0.1) is 21.3 Å². The largest absolute Gasteiger partial charge is 0.497 e. The molecule has 3 aromatic carbocycles. The summed E-state index contributed by atoms with van der Waals surface area (Å²) in [5.74, 6) is 2.39. The van der Waals surface area contributed by atoms with Crippen LogP contribution < -0.4 is 14.2 Å². The molecule has 0 spiro atoms. The van der Waals surface area contributed by atoms with Gasteiger partial charge in [0.25, 0.3) is 0 Å². The quantitative estimate of drug-likeness (QED) is 0.436. The van der Waals surface area contributed by atoms with E-state index in [0.717, 1.165) is 17.7 Å². The first-order chi connectivity index (χ1) is 15.5. The van der Waals surface area contributed by atoms with E-state index in [0.29, 0.717) is 24.6 Å². The van der Waals surface area contributed by atoms with Crippen molar-refractivity contribution in [1.29, 1.82) is 0 Å². The van der Waals surface area contributed by atoms with Crippen molar-refractivity contribution in [2.24, 2.45) is 0 Å². The SMILES string of the molecule is COc1ccc([C@@H](CCN(Cc2ccc(OC)c(OC)c2)C(C)=O)c2ccccc2)cc1. The monoisotopic (exact) mass is 433 g/mol. The highest BCUT2D eigenvalue weighted by atomic mass is 16.5. The van der Waals surface area contributed by atoms with Gasteiger partial charge in [-0.2, -0.15) is 0 Å². The molecule has 1 atom stereocenters. The van der Waals surface area contributed by atoms with Crippen molar-refractivity contribution in [2.45, 2.75) is 25.8 Å². The van der Waals surface area contributed by atoms with Gasteiger partial charge < -0.3 is 19.1 Å². The number of ether oxygens (including phenoxy) is 3. The van der Waals surface area contributed by atoms with Crippen LogP contribution in [0.1, 0.15) is 36.0 Å². The van der Waals surface area contributed by atoms with Crippen LogP contribution in [0, 0.1) is 0 Å². The molecule has 0 aliphatic carbocycles. The molecule has 0 aliphatic rings. The fourth-order valence-corrected chi connectivity index (χ4v) is 3.88. The van der Waals surface area contributed by atoms with Crippen molar-refractivity contribution < 1.29 is 19.0 Å². The molecule has 0 N–H and O–H groups in total. The van der Waals surface area contributed by atoms with Gasteiger partial charge in [-0.25, -0.2) is 0 Å². The molecule has 5 heteroatoms. The van der Waals surface area contributed by atoms with Gasteiger partial charge in [0.15, 0.2) is 11.5 Å². The molecule has 0 saturated heterocycles. The highest BCUT2D eigenvalue weighted by Gasteiger charge is 2.18. The molecule has 32 heavy (non-hydrogen) atoms. The van der Waals surface area contributed by atoms with E-state index in [-0.39, 0.29) is 11.8 Å². The van der Waals surface area contributed by atoms with Crippen LogP contribution in [-0.4, -0.2) is 38.7 Å². The molecule has 168 valence electrons. The number of benzene rings is 3. The second-order valence-corrected chi connectivity index (χ2v) is 7.66. The molecule has 1 amide bonds. The summed E-state index contributed by atoms with van der Waals surface area (Å²) in [6.45, 7) is 2.76. The molecule has 3 aromatic rings.